The first-order valence-electron chi connectivity index (χ1n) is 7.21. The number of methoxy groups -OCH3 is 1. The Balaban J connectivity index is 2.04. The minimum absolute atomic E-state index is 0.193. The number of benzene rings is 2. The SMILES string of the molecule is COC(=O)CCCCOc1ccc2ccccc2c1C=NN. The van der Waals surface area contributed by atoms with E-state index in [9.17, 15) is 4.79 Å². The largest absolute Gasteiger partial charge is 0.493 e. The zero-order valence-corrected chi connectivity index (χ0v) is 12.6. The van der Waals surface area contributed by atoms with Crippen LogP contribution in [0.25, 0.3) is 10.8 Å². The first-order valence-corrected chi connectivity index (χ1v) is 7.21. The van der Waals surface area contributed by atoms with E-state index in [1.54, 1.807) is 6.21 Å². The van der Waals surface area contributed by atoms with Crippen LogP contribution in [0, 0.1) is 0 Å². The van der Waals surface area contributed by atoms with Crippen molar-refractivity contribution in [1.29, 1.82) is 0 Å². The minimum Gasteiger partial charge on any atom is -0.493 e. The van der Waals surface area contributed by atoms with E-state index < -0.39 is 0 Å². The molecule has 0 fully saturated rings. The van der Waals surface area contributed by atoms with Crippen LogP contribution in [0.2, 0.25) is 0 Å². The van der Waals surface area contributed by atoms with Gasteiger partial charge in [0.2, 0.25) is 0 Å². The van der Waals surface area contributed by atoms with Crippen molar-refractivity contribution < 1.29 is 14.3 Å². The van der Waals surface area contributed by atoms with Crippen LogP contribution >= 0.6 is 0 Å². The number of ether oxygens (including phenoxy) is 2. The van der Waals surface area contributed by atoms with Crippen LogP contribution < -0.4 is 10.6 Å². The molecule has 5 heteroatoms. The first kappa shape index (κ1) is 15.8. The monoisotopic (exact) mass is 300 g/mol. The van der Waals surface area contributed by atoms with Gasteiger partial charge in [-0.15, -0.1) is 0 Å². The summed E-state index contributed by atoms with van der Waals surface area (Å²) < 4.78 is 10.4. The summed E-state index contributed by atoms with van der Waals surface area (Å²) in [6, 6.07) is 11.9. The highest BCUT2D eigenvalue weighted by Gasteiger charge is 2.07. The van der Waals surface area contributed by atoms with Crippen LogP contribution in [0.1, 0.15) is 24.8 Å². The molecule has 2 aromatic carbocycles. The molecule has 0 aliphatic carbocycles. The van der Waals surface area contributed by atoms with E-state index in [0.29, 0.717) is 13.0 Å². The lowest BCUT2D eigenvalue weighted by molar-refractivity contribution is -0.140. The average Bonchev–Trinajstić information content (AvgIpc) is 2.56. The van der Waals surface area contributed by atoms with Crippen molar-refractivity contribution in [3.05, 3.63) is 42.0 Å². The summed E-state index contributed by atoms with van der Waals surface area (Å²) in [5, 5.41) is 5.78. The highest BCUT2D eigenvalue weighted by Crippen LogP contribution is 2.26. The number of carbonyl (C=O) groups is 1. The van der Waals surface area contributed by atoms with Crippen molar-refractivity contribution in [3.8, 4) is 5.75 Å². The van der Waals surface area contributed by atoms with Crippen molar-refractivity contribution in [2.24, 2.45) is 10.9 Å². The second-order valence-corrected chi connectivity index (χ2v) is 4.86. The molecule has 0 unspecified atom stereocenters. The molecule has 2 rings (SSSR count). The molecule has 0 spiro atoms. The Morgan fingerprint density at radius 1 is 1.23 bits per heavy atom. The lowest BCUT2D eigenvalue weighted by Gasteiger charge is -2.11. The molecule has 0 saturated carbocycles. The zero-order valence-electron chi connectivity index (χ0n) is 12.6. The second kappa shape index (κ2) is 8.02. The fraction of sp³-hybridized carbons (Fsp3) is 0.294. The van der Waals surface area contributed by atoms with Gasteiger partial charge >= 0.3 is 5.97 Å². The fourth-order valence-corrected chi connectivity index (χ4v) is 2.26. The molecule has 0 amide bonds. The topological polar surface area (TPSA) is 73.9 Å². The maximum absolute atomic E-state index is 11.0. The quantitative estimate of drug-likeness (QED) is 0.280. The molecule has 0 atom stereocenters. The highest BCUT2D eigenvalue weighted by atomic mass is 16.5. The number of nitrogens with two attached hydrogens (primary N) is 1. The number of nitrogens with zero attached hydrogens (tertiary/aromatic N) is 1. The minimum atomic E-state index is -0.193. The predicted molar refractivity (Wildman–Crippen MR) is 87.1 cm³/mol. The van der Waals surface area contributed by atoms with E-state index in [1.807, 2.05) is 36.4 Å². The van der Waals surface area contributed by atoms with Gasteiger partial charge in [0.1, 0.15) is 5.75 Å². The third kappa shape index (κ3) is 3.97. The van der Waals surface area contributed by atoms with Gasteiger partial charge in [0.05, 0.1) is 19.9 Å². The van der Waals surface area contributed by atoms with Gasteiger partial charge < -0.3 is 15.3 Å². The molecule has 2 aromatic rings. The fourth-order valence-electron chi connectivity index (χ4n) is 2.26. The Kier molecular flexibility index (Phi) is 5.77. The Morgan fingerprint density at radius 3 is 2.82 bits per heavy atom. The van der Waals surface area contributed by atoms with Gasteiger partial charge in [-0.25, -0.2) is 0 Å². The third-order valence-electron chi connectivity index (χ3n) is 3.39. The van der Waals surface area contributed by atoms with E-state index in [0.717, 1.165) is 34.9 Å². The number of hydrogen-bond donors (Lipinski definition) is 1. The summed E-state index contributed by atoms with van der Waals surface area (Å²) in [5.41, 5.74) is 0.869. The van der Waals surface area contributed by atoms with Gasteiger partial charge in [-0.05, 0) is 29.7 Å². The van der Waals surface area contributed by atoms with Crippen LogP contribution in [0.15, 0.2) is 41.5 Å². The number of hydrazone groups is 1. The van der Waals surface area contributed by atoms with Gasteiger partial charge in [0.25, 0.3) is 0 Å². The lowest BCUT2D eigenvalue weighted by Crippen LogP contribution is -2.04. The predicted octanol–water partition coefficient (Wildman–Crippen LogP) is 2.85. The van der Waals surface area contributed by atoms with Gasteiger partial charge in [0.15, 0.2) is 0 Å². The van der Waals surface area contributed by atoms with E-state index >= 15 is 0 Å². The molecule has 0 aliphatic rings. The van der Waals surface area contributed by atoms with Crippen molar-refractivity contribution >= 4 is 23.0 Å². The van der Waals surface area contributed by atoms with Crippen LogP contribution in [0.5, 0.6) is 5.75 Å². The molecule has 0 radical (unpaired) electrons. The van der Waals surface area contributed by atoms with Crippen molar-refractivity contribution in [2.45, 2.75) is 19.3 Å². The molecular formula is C17H20N2O3. The van der Waals surface area contributed by atoms with Crippen molar-refractivity contribution in [2.75, 3.05) is 13.7 Å². The van der Waals surface area contributed by atoms with Gasteiger partial charge in [0, 0.05) is 12.0 Å². The molecule has 0 aliphatic heterocycles. The van der Waals surface area contributed by atoms with E-state index in [2.05, 4.69) is 9.84 Å². The van der Waals surface area contributed by atoms with Gasteiger partial charge in [-0.2, -0.15) is 5.10 Å². The third-order valence-corrected chi connectivity index (χ3v) is 3.39. The summed E-state index contributed by atoms with van der Waals surface area (Å²) in [6.07, 6.45) is 3.53. The van der Waals surface area contributed by atoms with Crippen LogP contribution in [0.4, 0.5) is 0 Å². The molecule has 116 valence electrons. The smallest absolute Gasteiger partial charge is 0.305 e. The summed E-state index contributed by atoms with van der Waals surface area (Å²) in [4.78, 5) is 11.0. The zero-order chi connectivity index (χ0) is 15.8. The number of unbranched alkanes of at least 4 members (excludes halogenated alkanes) is 1. The van der Waals surface area contributed by atoms with E-state index in [-0.39, 0.29) is 5.97 Å². The van der Waals surface area contributed by atoms with Crippen molar-refractivity contribution in [3.63, 3.8) is 0 Å². The molecule has 0 bridgehead atoms. The standard InChI is InChI=1S/C17H20N2O3/c1-21-17(20)8-4-5-11-22-16-10-9-13-6-2-3-7-14(13)15(16)12-19-18/h2-3,6-7,9-10,12H,4-5,8,11,18H2,1H3. The number of fused-ring (bicyclic) bond motifs is 1. The Hall–Kier alpha value is -2.56. The van der Waals surface area contributed by atoms with Gasteiger partial charge in [-0.3, -0.25) is 4.79 Å². The number of hydrogen-bond acceptors (Lipinski definition) is 5. The molecule has 0 aromatic heterocycles. The molecule has 5 nitrogen and oxygen atoms in total. The number of carbonyl (C=O) groups excluding carboxylic acids is 1. The normalized spacial score (nSPS) is 11.0. The molecular weight excluding hydrogens is 280 g/mol. The summed E-state index contributed by atoms with van der Waals surface area (Å²) in [5.74, 6) is 5.86. The summed E-state index contributed by atoms with van der Waals surface area (Å²) >= 11 is 0. The molecule has 0 saturated heterocycles. The molecule has 22 heavy (non-hydrogen) atoms. The Bertz CT molecular complexity index is 668. The maximum Gasteiger partial charge on any atom is 0.305 e. The summed E-state index contributed by atoms with van der Waals surface area (Å²) in [7, 11) is 1.40. The lowest BCUT2D eigenvalue weighted by atomic mass is 10.0. The van der Waals surface area contributed by atoms with Crippen molar-refractivity contribution in [1.82, 2.24) is 0 Å². The maximum atomic E-state index is 11.0. The average molecular weight is 300 g/mol. The van der Waals surface area contributed by atoms with Gasteiger partial charge in [-0.1, -0.05) is 30.3 Å². The van der Waals surface area contributed by atoms with Crippen LogP contribution in [0.3, 0.4) is 0 Å². The van der Waals surface area contributed by atoms with Crippen LogP contribution in [-0.4, -0.2) is 25.9 Å². The summed E-state index contributed by atoms with van der Waals surface area (Å²) in [6.45, 7) is 0.529. The highest BCUT2D eigenvalue weighted by molar-refractivity contribution is 6.02. The second-order valence-electron chi connectivity index (χ2n) is 4.86. The molecule has 2 N–H and O–H groups in total. The Morgan fingerprint density at radius 2 is 2.05 bits per heavy atom. The van der Waals surface area contributed by atoms with Crippen LogP contribution in [-0.2, 0) is 9.53 Å². The van der Waals surface area contributed by atoms with E-state index in [4.69, 9.17) is 10.6 Å². The van der Waals surface area contributed by atoms with E-state index in [1.165, 1.54) is 7.11 Å². The molecule has 0 heterocycles. The Labute approximate surface area is 129 Å². The number of esters is 1. The first-order chi connectivity index (χ1) is 10.8. The number of rotatable bonds is 7.